The molecule has 1 aromatic carbocycles. The largest absolute Gasteiger partial charge is 0.297 e. The Labute approximate surface area is 105 Å². The highest BCUT2D eigenvalue weighted by atomic mass is 14.9. The van der Waals surface area contributed by atoms with Gasteiger partial charge >= 0.3 is 0 Å². The summed E-state index contributed by atoms with van der Waals surface area (Å²) in [4.78, 5) is 0. The smallest absolute Gasteiger partial charge is 0.0691 e. The van der Waals surface area contributed by atoms with Gasteiger partial charge in [0.2, 0.25) is 0 Å². The SMILES string of the molecule is C#CC(CCC)NC1CCc2ccc(C)cc21. The molecule has 1 nitrogen and oxygen atoms in total. The first-order valence-corrected chi connectivity index (χ1v) is 6.56. The molecular formula is C16H21N. The Balaban J connectivity index is 2.11. The lowest BCUT2D eigenvalue weighted by Gasteiger charge is -2.19. The Morgan fingerprint density at radius 3 is 3.06 bits per heavy atom. The van der Waals surface area contributed by atoms with Crippen LogP contribution in [0.15, 0.2) is 18.2 Å². The van der Waals surface area contributed by atoms with Gasteiger partial charge in [0.15, 0.2) is 0 Å². The lowest BCUT2D eigenvalue weighted by atomic mass is 10.0. The van der Waals surface area contributed by atoms with Gasteiger partial charge in [-0.3, -0.25) is 5.32 Å². The summed E-state index contributed by atoms with van der Waals surface area (Å²) >= 11 is 0. The Hall–Kier alpha value is -1.26. The van der Waals surface area contributed by atoms with Crippen molar-refractivity contribution in [3.63, 3.8) is 0 Å². The zero-order valence-electron chi connectivity index (χ0n) is 10.8. The molecule has 90 valence electrons. The number of benzene rings is 1. The lowest BCUT2D eigenvalue weighted by molar-refractivity contribution is 0.468. The van der Waals surface area contributed by atoms with E-state index in [-0.39, 0.29) is 6.04 Å². The Morgan fingerprint density at radius 1 is 1.53 bits per heavy atom. The summed E-state index contributed by atoms with van der Waals surface area (Å²) in [5.74, 6) is 2.86. The maximum atomic E-state index is 5.57. The normalized spacial score (nSPS) is 19.7. The first-order valence-electron chi connectivity index (χ1n) is 6.56. The molecule has 0 aromatic heterocycles. The van der Waals surface area contributed by atoms with E-state index in [0.29, 0.717) is 6.04 Å². The fourth-order valence-corrected chi connectivity index (χ4v) is 2.64. The summed E-state index contributed by atoms with van der Waals surface area (Å²) in [5, 5.41) is 3.61. The zero-order chi connectivity index (χ0) is 12.3. The van der Waals surface area contributed by atoms with Crippen molar-refractivity contribution in [3.8, 4) is 12.3 Å². The molecule has 1 aliphatic carbocycles. The average Bonchev–Trinajstić information content (AvgIpc) is 2.71. The van der Waals surface area contributed by atoms with Crippen molar-refractivity contribution in [2.45, 2.75) is 51.6 Å². The molecule has 2 unspecified atom stereocenters. The quantitative estimate of drug-likeness (QED) is 0.778. The third kappa shape index (κ3) is 2.70. The molecule has 0 saturated heterocycles. The molecule has 0 heterocycles. The van der Waals surface area contributed by atoms with Crippen LogP contribution in [0.2, 0.25) is 0 Å². The number of nitrogens with one attached hydrogen (secondary N) is 1. The molecule has 17 heavy (non-hydrogen) atoms. The van der Waals surface area contributed by atoms with Crippen LogP contribution in [-0.4, -0.2) is 6.04 Å². The van der Waals surface area contributed by atoms with Gasteiger partial charge in [-0.1, -0.05) is 43.0 Å². The number of fused-ring (bicyclic) bond motifs is 1. The molecule has 0 saturated carbocycles. The Morgan fingerprint density at radius 2 is 2.35 bits per heavy atom. The minimum absolute atomic E-state index is 0.219. The number of rotatable bonds is 4. The predicted octanol–water partition coefficient (Wildman–Crippen LogP) is 3.37. The molecule has 1 N–H and O–H groups in total. The van der Waals surface area contributed by atoms with Crippen LogP contribution >= 0.6 is 0 Å². The van der Waals surface area contributed by atoms with Gasteiger partial charge in [0.05, 0.1) is 6.04 Å². The molecule has 0 fully saturated rings. The van der Waals surface area contributed by atoms with E-state index < -0.39 is 0 Å². The van der Waals surface area contributed by atoms with E-state index in [2.05, 4.69) is 43.3 Å². The van der Waals surface area contributed by atoms with Crippen LogP contribution in [-0.2, 0) is 6.42 Å². The van der Waals surface area contributed by atoms with Crippen LogP contribution in [0, 0.1) is 19.3 Å². The zero-order valence-corrected chi connectivity index (χ0v) is 10.8. The molecule has 1 aromatic rings. The summed E-state index contributed by atoms with van der Waals surface area (Å²) in [6.07, 6.45) is 10.1. The van der Waals surface area contributed by atoms with E-state index in [4.69, 9.17) is 6.42 Å². The van der Waals surface area contributed by atoms with Crippen LogP contribution in [0.3, 0.4) is 0 Å². The molecule has 0 spiro atoms. The van der Waals surface area contributed by atoms with Gasteiger partial charge in [-0.15, -0.1) is 6.42 Å². The monoisotopic (exact) mass is 227 g/mol. The van der Waals surface area contributed by atoms with Crippen molar-refractivity contribution >= 4 is 0 Å². The van der Waals surface area contributed by atoms with Gasteiger partial charge < -0.3 is 0 Å². The van der Waals surface area contributed by atoms with Gasteiger partial charge in [0.1, 0.15) is 0 Å². The van der Waals surface area contributed by atoms with E-state index in [1.54, 1.807) is 0 Å². The second-order valence-electron chi connectivity index (χ2n) is 4.97. The van der Waals surface area contributed by atoms with Gasteiger partial charge in [0, 0.05) is 6.04 Å². The van der Waals surface area contributed by atoms with E-state index in [1.807, 2.05) is 0 Å². The van der Waals surface area contributed by atoms with E-state index in [1.165, 1.54) is 29.5 Å². The molecular weight excluding hydrogens is 206 g/mol. The third-order valence-corrected chi connectivity index (χ3v) is 3.56. The number of aryl methyl sites for hydroxylation is 2. The third-order valence-electron chi connectivity index (χ3n) is 3.56. The van der Waals surface area contributed by atoms with Gasteiger partial charge in [-0.05, 0) is 37.3 Å². The molecule has 0 aliphatic heterocycles. The van der Waals surface area contributed by atoms with Crippen LogP contribution in [0.1, 0.15) is 48.9 Å². The highest BCUT2D eigenvalue weighted by molar-refractivity contribution is 5.37. The fraction of sp³-hybridized carbons (Fsp3) is 0.500. The van der Waals surface area contributed by atoms with Crippen molar-refractivity contribution in [1.82, 2.24) is 5.32 Å². The minimum Gasteiger partial charge on any atom is -0.297 e. The maximum Gasteiger partial charge on any atom is 0.0691 e. The second kappa shape index (κ2) is 5.38. The molecule has 0 bridgehead atoms. The Bertz CT molecular complexity index is 428. The number of hydrogen-bond acceptors (Lipinski definition) is 1. The summed E-state index contributed by atoms with van der Waals surface area (Å²) in [7, 11) is 0. The second-order valence-corrected chi connectivity index (χ2v) is 4.97. The molecule has 0 radical (unpaired) electrons. The molecule has 1 aliphatic rings. The lowest BCUT2D eigenvalue weighted by Crippen LogP contribution is -2.30. The van der Waals surface area contributed by atoms with Gasteiger partial charge in [0.25, 0.3) is 0 Å². The van der Waals surface area contributed by atoms with E-state index >= 15 is 0 Å². The number of hydrogen-bond donors (Lipinski definition) is 1. The summed E-state index contributed by atoms with van der Waals surface area (Å²) < 4.78 is 0. The average molecular weight is 227 g/mol. The van der Waals surface area contributed by atoms with Crippen LogP contribution in [0.4, 0.5) is 0 Å². The van der Waals surface area contributed by atoms with Crippen LogP contribution < -0.4 is 5.32 Å². The number of terminal acetylenes is 1. The van der Waals surface area contributed by atoms with E-state index in [0.717, 1.165) is 12.8 Å². The first-order chi connectivity index (χ1) is 8.24. The molecule has 2 rings (SSSR count). The maximum absolute atomic E-state index is 5.57. The van der Waals surface area contributed by atoms with E-state index in [9.17, 15) is 0 Å². The van der Waals surface area contributed by atoms with Crippen molar-refractivity contribution in [1.29, 1.82) is 0 Å². The van der Waals surface area contributed by atoms with Crippen molar-refractivity contribution in [2.24, 2.45) is 0 Å². The molecule has 0 amide bonds. The standard InChI is InChI=1S/C16H21N/c1-4-6-14(5-2)17-16-10-9-13-8-7-12(3)11-15(13)16/h2,7-8,11,14,16-17H,4,6,9-10H2,1,3H3. The molecule has 2 atom stereocenters. The van der Waals surface area contributed by atoms with Gasteiger partial charge in [-0.2, -0.15) is 0 Å². The summed E-state index contributed by atoms with van der Waals surface area (Å²) in [6, 6.07) is 7.44. The summed E-state index contributed by atoms with van der Waals surface area (Å²) in [6.45, 7) is 4.33. The van der Waals surface area contributed by atoms with Crippen LogP contribution in [0.5, 0.6) is 0 Å². The first kappa shape index (κ1) is 12.2. The highest BCUT2D eigenvalue weighted by Gasteiger charge is 2.23. The fourth-order valence-electron chi connectivity index (χ4n) is 2.64. The Kier molecular flexibility index (Phi) is 3.86. The van der Waals surface area contributed by atoms with Crippen LogP contribution in [0.25, 0.3) is 0 Å². The van der Waals surface area contributed by atoms with Gasteiger partial charge in [-0.25, -0.2) is 0 Å². The molecule has 1 heteroatoms. The summed E-state index contributed by atoms with van der Waals surface area (Å²) in [5.41, 5.74) is 4.28. The van der Waals surface area contributed by atoms with Crippen molar-refractivity contribution < 1.29 is 0 Å². The van der Waals surface area contributed by atoms with Crippen molar-refractivity contribution in [2.75, 3.05) is 0 Å². The predicted molar refractivity (Wildman–Crippen MR) is 72.9 cm³/mol. The van der Waals surface area contributed by atoms with Crippen molar-refractivity contribution in [3.05, 3.63) is 34.9 Å². The minimum atomic E-state index is 0.219. The highest BCUT2D eigenvalue weighted by Crippen LogP contribution is 2.32. The topological polar surface area (TPSA) is 12.0 Å².